The van der Waals surface area contributed by atoms with E-state index in [0.717, 1.165) is 6.54 Å². The van der Waals surface area contributed by atoms with Crippen LogP contribution in [0.2, 0.25) is 0 Å². The van der Waals surface area contributed by atoms with Crippen LogP contribution in [0.5, 0.6) is 0 Å². The quantitative estimate of drug-likeness (QED) is 0.429. The van der Waals surface area contributed by atoms with Crippen LogP contribution in [0.3, 0.4) is 0 Å². The van der Waals surface area contributed by atoms with Gasteiger partial charge in [-0.25, -0.2) is 0 Å². The van der Waals surface area contributed by atoms with Gasteiger partial charge in [0.25, 0.3) is 0 Å². The van der Waals surface area contributed by atoms with E-state index in [1.807, 2.05) is 0 Å². The van der Waals surface area contributed by atoms with Gasteiger partial charge in [-0.3, -0.25) is 0 Å². The predicted octanol–water partition coefficient (Wildman–Crippen LogP) is 7.48. The van der Waals surface area contributed by atoms with Crippen molar-refractivity contribution in [1.29, 1.82) is 0 Å². The monoisotopic (exact) mass is 337 g/mol. The Hall–Kier alpha value is -1.76. The molecule has 136 valence electrons. The molecule has 2 aromatic rings. The molecule has 0 spiro atoms. The molecule has 25 heavy (non-hydrogen) atoms. The van der Waals surface area contributed by atoms with Gasteiger partial charge >= 0.3 is 0 Å². The van der Waals surface area contributed by atoms with Gasteiger partial charge in [0.1, 0.15) is 0 Å². The lowest BCUT2D eigenvalue weighted by atomic mass is 9.85. The number of nitrogens with zero attached hydrogens (tertiary/aromatic N) is 1. The van der Waals surface area contributed by atoms with E-state index in [4.69, 9.17) is 0 Å². The molecule has 0 saturated heterocycles. The molecule has 2 aromatic carbocycles. The molecule has 0 aromatic heterocycles. The summed E-state index contributed by atoms with van der Waals surface area (Å²) in [6.07, 6.45) is 7.99. The summed E-state index contributed by atoms with van der Waals surface area (Å²) in [6.45, 7) is 10.3. The second kappa shape index (κ2) is 9.65. The van der Waals surface area contributed by atoms with Crippen molar-refractivity contribution in [2.24, 2.45) is 0 Å². The lowest BCUT2D eigenvalue weighted by Crippen LogP contribution is -2.23. The zero-order valence-corrected chi connectivity index (χ0v) is 16.6. The second-order valence-electron chi connectivity index (χ2n) is 8.02. The fourth-order valence-corrected chi connectivity index (χ4v) is 3.39. The molecule has 0 aliphatic rings. The number of benzene rings is 2. The molecular weight excluding hydrogens is 302 g/mol. The molecule has 0 heterocycles. The predicted molar refractivity (Wildman–Crippen MR) is 112 cm³/mol. The van der Waals surface area contributed by atoms with Crippen molar-refractivity contribution in [2.45, 2.75) is 71.6 Å². The Morgan fingerprint density at radius 2 is 1.32 bits per heavy atom. The van der Waals surface area contributed by atoms with Crippen LogP contribution in [-0.4, -0.2) is 6.54 Å². The normalized spacial score (nSPS) is 11.5. The summed E-state index contributed by atoms with van der Waals surface area (Å²) in [6, 6.07) is 19.7. The van der Waals surface area contributed by atoms with Crippen molar-refractivity contribution in [3.8, 4) is 0 Å². The maximum atomic E-state index is 2.51. The molecule has 0 atom stereocenters. The molecule has 0 unspecified atom stereocenters. The summed E-state index contributed by atoms with van der Waals surface area (Å²) in [5, 5.41) is 0. The van der Waals surface area contributed by atoms with Crippen LogP contribution in [0.4, 0.5) is 11.4 Å². The van der Waals surface area contributed by atoms with E-state index in [0.29, 0.717) is 0 Å². The lowest BCUT2D eigenvalue weighted by Gasteiger charge is -2.32. The summed E-state index contributed by atoms with van der Waals surface area (Å²) >= 11 is 0. The Balaban J connectivity index is 2.19. The van der Waals surface area contributed by atoms with E-state index in [-0.39, 0.29) is 5.41 Å². The Labute approximate surface area is 155 Å². The molecule has 0 amide bonds. The number of hydrogen-bond acceptors (Lipinski definition) is 1. The van der Waals surface area contributed by atoms with Crippen LogP contribution in [0.15, 0.2) is 54.6 Å². The molecule has 0 aliphatic heterocycles. The van der Waals surface area contributed by atoms with Crippen molar-refractivity contribution >= 4 is 11.4 Å². The highest BCUT2D eigenvalue weighted by Crippen LogP contribution is 2.35. The van der Waals surface area contributed by atoms with Crippen molar-refractivity contribution in [2.75, 3.05) is 11.4 Å². The van der Waals surface area contributed by atoms with E-state index in [9.17, 15) is 0 Å². The Morgan fingerprint density at radius 1 is 0.720 bits per heavy atom. The SMILES string of the molecule is CCCCCCCCN(c1ccccc1)c1ccccc1C(C)(C)C. The van der Waals surface area contributed by atoms with E-state index in [2.05, 4.69) is 87.2 Å². The second-order valence-corrected chi connectivity index (χ2v) is 8.02. The average Bonchev–Trinajstić information content (AvgIpc) is 2.61. The number of unbranched alkanes of at least 4 members (excludes halogenated alkanes) is 5. The first kappa shape index (κ1) is 19.6. The Bertz CT molecular complexity index is 609. The third-order valence-electron chi connectivity index (χ3n) is 4.81. The fraction of sp³-hybridized carbons (Fsp3) is 0.500. The van der Waals surface area contributed by atoms with Crippen LogP contribution in [0.25, 0.3) is 0 Å². The first-order valence-corrected chi connectivity index (χ1v) is 9.96. The van der Waals surface area contributed by atoms with Crippen LogP contribution < -0.4 is 4.90 Å². The van der Waals surface area contributed by atoms with Crippen molar-refractivity contribution in [1.82, 2.24) is 0 Å². The summed E-state index contributed by atoms with van der Waals surface area (Å²) < 4.78 is 0. The minimum absolute atomic E-state index is 0.144. The Kier molecular flexibility index (Phi) is 7.55. The highest BCUT2D eigenvalue weighted by molar-refractivity contribution is 5.67. The average molecular weight is 338 g/mol. The highest BCUT2D eigenvalue weighted by Gasteiger charge is 2.21. The first-order valence-electron chi connectivity index (χ1n) is 9.96. The van der Waals surface area contributed by atoms with Crippen molar-refractivity contribution in [3.05, 3.63) is 60.2 Å². The number of hydrogen-bond donors (Lipinski definition) is 0. The fourth-order valence-electron chi connectivity index (χ4n) is 3.39. The molecule has 0 bridgehead atoms. The maximum absolute atomic E-state index is 2.51. The van der Waals surface area contributed by atoms with Gasteiger partial charge in [0, 0.05) is 17.9 Å². The van der Waals surface area contributed by atoms with Crippen LogP contribution in [-0.2, 0) is 5.41 Å². The molecule has 0 aliphatic carbocycles. The molecule has 0 saturated carbocycles. The lowest BCUT2D eigenvalue weighted by molar-refractivity contribution is 0.585. The molecule has 0 radical (unpaired) electrons. The van der Waals surface area contributed by atoms with E-state index < -0.39 is 0 Å². The first-order chi connectivity index (χ1) is 12.0. The number of rotatable bonds is 9. The van der Waals surface area contributed by atoms with Gasteiger partial charge in [0.05, 0.1) is 0 Å². The zero-order chi connectivity index (χ0) is 18.1. The van der Waals surface area contributed by atoms with E-state index in [1.54, 1.807) is 0 Å². The number of para-hydroxylation sites is 2. The van der Waals surface area contributed by atoms with Crippen LogP contribution in [0.1, 0.15) is 71.8 Å². The van der Waals surface area contributed by atoms with Crippen LogP contribution >= 0.6 is 0 Å². The maximum Gasteiger partial charge on any atom is 0.0448 e. The highest BCUT2D eigenvalue weighted by atomic mass is 15.1. The summed E-state index contributed by atoms with van der Waals surface area (Å²) in [4.78, 5) is 2.51. The van der Waals surface area contributed by atoms with Crippen molar-refractivity contribution in [3.63, 3.8) is 0 Å². The third-order valence-corrected chi connectivity index (χ3v) is 4.81. The smallest absolute Gasteiger partial charge is 0.0448 e. The van der Waals surface area contributed by atoms with Gasteiger partial charge in [0.15, 0.2) is 0 Å². The largest absolute Gasteiger partial charge is 0.341 e. The summed E-state index contributed by atoms with van der Waals surface area (Å²) in [7, 11) is 0. The third kappa shape index (κ3) is 5.92. The minimum atomic E-state index is 0.144. The standard InChI is InChI=1S/C24H35N/c1-5-6-7-8-9-15-20-25(21-16-11-10-12-17-21)23-19-14-13-18-22(23)24(2,3)4/h10-14,16-19H,5-9,15,20H2,1-4H3. The zero-order valence-electron chi connectivity index (χ0n) is 16.6. The Morgan fingerprint density at radius 3 is 2.00 bits per heavy atom. The van der Waals surface area contributed by atoms with Gasteiger partial charge in [-0.1, -0.05) is 96.2 Å². The van der Waals surface area contributed by atoms with Gasteiger partial charge in [-0.15, -0.1) is 0 Å². The van der Waals surface area contributed by atoms with Gasteiger partial charge in [-0.2, -0.15) is 0 Å². The molecule has 1 heteroatoms. The van der Waals surface area contributed by atoms with Gasteiger partial charge in [0.2, 0.25) is 0 Å². The molecule has 0 fully saturated rings. The molecule has 0 N–H and O–H groups in total. The molecule has 2 rings (SSSR count). The summed E-state index contributed by atoms with van der Waals surface area (Å²) in [5.74, 6) is 0. The molecular formula is C24H35N. The topological polar surface area (TPSA) is 3.24 Å². The van der Waals surface area contributed by atoms with Crippen LogP contribution in [0, 0.1) is 0 Å². The van der Waals surface area contributed by atoms with E-state index in [1.165, 1.54) is 55.5 Å². The summed E-state index contributed by atoms with van der Waals surface area (Å²) in [5.41, 5.74) is 4.22. The molecule has 1 nitrogen and oxygen atoms in total. The van der Waals surface area contributed by atoms with E-state index >= 15 is 0 Å². The van der Waals surface area contributed by atoms with Gasteiger partial charge < -0.3 is 4.90 Å². The van der Waals surface area contributed by atoms with Crippen molar-refractivity contribution < 1.29 is 0 Å². The minimum Gasteiger partial charge on any atom is -0.341 e. The van der Waals surface area contributed by atoms with Gasteiger partial charge in [-0.05, 0) is 35.6 Å². The number of anilines is 2.